The first-order valence-electron chi connectivity index (χ1n) is 9.22. The topological polar surface area (TPSA) is 45.7 Å². The highest BCUT2D eigenvalue weighted by Gasteiger charge is 2.21. The highest BCUT2D eigenvalue weighted by molar-refractivity contribution is 5.78. The molecule has 1 saturated heterocycles. The summed E-state index contributed by atoms with van der Waals surface area (Å²) in [4.78, 5) is 21.1. The Hall–Kier alpha value is -2.40. The average Bonchev–Trinajstić information content (AvgIpc) is 2.68. The molecule has 5 nitrogen and oxygen atoms in total. The van der Waals surface area contributed by atoms with Gasteiger partial charge in [0, 0.05) is 51.0 Å². The molecule has 5 heteroatoms. The lowest BCUT2D eigenvalue weighted by Crippen LogP contribution is -2.50. The molecule has 1 aliphatic rings. The van der Waals surface area contributed by atoms with Crippen LogP contribution >= 0.6 is 0 Å². The number of aryl methyl sites for hydroxylation is 1. The molecule has 26 heavy (non-hydrogen) atoms. The van der Waals surface area contributed by atoms with Crippen molar-refractivity contribution in [1.29, 1.82) is 0 Å². The number of rotatable bonds is 6. The molecular weight excluding hydrogens is 326 g/mol. The number of pyridine rings is 1. The van der Waals surface area contributed by atoms with E-state index < -0.39 is 0 Å². The molecule has 3 rings (SSSR count). The maximum absolute atomic E-state index is 12.4. The molecule has 1 amide bonds. The van der Waals surface area contributed by atoms with Gasteiger partial charge in [0.25, 0.3) is 5.91 Å². The number of piperazine rings is 1. The van der Waals surface area contributed by atoms with Crippen LogP contribution in [-0.4, -0.2) is 60.0 Å². The molecule has 0 bridgehead atoms. The van der Waals surface area contributed by atoms with Crippen molar-refractivity contribution in [3.05, 3.63) is 59.4 Å². The van der Waals surface area contributed by atoms with Gasteiger partial charge in [0.2, 0.25) is 0 Å². The molecule has 1 aromatic carbocycles. The molecule has 0 aliphatic carbocycles. The molecule has 0 N–H and O–H groups in total. The van der Waals surface area contributed by atoms with E-state index in [0.717, 1.165) is 56.2 Å². The lowest BCUT2D eigenvalue weighted by Gasteiger charge is -2.34. The van der Waals surface area contributed by atoms with Crippen molar-refractivity contribution in [1.82, 2.24) is 14.8 Å². The Balaban J connectivity index is 1.41. The molecule has 0 unspecified atom stereocenters. The van der Waals surface area contributed by atoms with Crippen LogP contribution in [0.3, 0.4) is 0 Å². The van der Waals surface area contributed by atoms with E-state index in [1.165, 1.54) is 5.56 Å². The van der Waals surface area contributed by atoms with Crippen molar-refractivity contribution < 1.29 is 9.53 Å². The molecule has 1 aromatic heterocycles. The minimum Gasteiger partial charge on any atom is -0.483 e. The number of carbonyl (C=O) groups is 1. The number of hydrogen-bond acceptors (Lipinski definition) is 4. The number of nitrogens with zero attached hydrogens (tertiary/aromatic N) is 3. The molecule has 1 fully saturated rings. The van der Waals surface area contributed by atoms with E-state index in [9.17, 15) is 4.79 Å². The number of amides is 1. The minimum absolute atomic E-state index is 0.0651. The zero-order valence-electron chi connectivity index (χ0n) is 15.6. The minimum atomic E-state index is 0.0651. The van der Waals surface area contributed by atoms with Gasteiger partial charge in [0.05, 0.1) is 0 Å². The Kier molecular flexibility index (Phi) is 6.23. The summed E-state index contributed by atoms with van der Waals surface area (Å²) < 4.78 is 5.75. The highest BCUT2D eigenvalue weighted by atomic mass is 16.5. The van der Waals surface area contributed by atoms with Crippen molar-refractivity contribution in [2.75, 3.05) is 39.3 Å². The SMILES string of the molecule is Cc1cccc(OCC(=O)N2CCN(CCc3ccccn3)CC2)c1C. The summed E-state index contributed by atoms with van der Waals surface area (Å²) in [5.74, 6) is 0.864. The maximum atomic E-state index is 12.4. The number of carbonyl (C=O) groups excluding carboxylic acids is 1. The molecule has 0 spiro atoms. The Labute approximate surface area is 155 Å². The quantitative estimate of drug-likeness (QED) is 0.800. The van der Waals surface area contributed by atoms with Crippen LogP contribution in [0.1, 0.15) is 16.8 Å². The summed E-state index contributed by atoms with van der Waals surface area (Å²) in [6, 6.07) is 12.0. The summed E-state index contributed by atoms with van der Waals surface area (Å²) in [6.07, 6.45) is 2.78. The van der Waals surface area contributed by atoms with Gasteiger partial charge in [-0.05, 0) is 43.2 Å². The molecule has 1 aliphatic heterocycles. The Bertz CT molecular complexity index is 725. The van der Waals surface area contributed by atoms with Gasteiger partial charge in [-0.2, -0.15) is 0 Å². The van der Waals surface area contributed by atoms with Crippen LogP contribution in [0.4, 0.5) is 0 Å². The summed E-state index contributed by atoms with van der Waals surface area (Å²) >= 11 is 0. The smallest absolute Gasteiger partial charge is 0.260 e. The van der Waals surface area contributed by atoms with E-state index >= 15 is 0 Å². The second-order valence-corrected chi connectivity index (χ2v) is 6.78. The van der Waals surface area contributed by atoms with Crippen LogP contribution in [0, 0.1) is 13.8 Å². The predicted octanol–water partition coefficient (Wildman–Crippen LogP) is 2.46. The Morgan fingerprint density at radius 1 is 1.08 bits per heavy atom. The number of hydrogen-bond donors (Lipinski definition) is 0. The monoisotopic (exact) mass is 353 g/mol. The van der Waals surface area contributed by atoms with E-state index in [-0.39, 0.29) is 12.5 Å². The van der Waals surface area contributed by atoms with Crippen LogP contribution in [0.5, 0.6) is 5.75 Å². The van der Waals surface area contributed by atoms with Gasteiger partial charge in [-0.25, -0.2) is 0 Å². The zero-order valence-corrected chi connectivity index (χ0v) is 15.6. The number of aromatic nitrogens is 1. The van der Waals surface area contributed by atoms with E-state index in [0.29, 0.717) is 0 Å². The van der Waals surface area contributed by atoms with Crippen molar-refractivity contribution in [3.63, 3.8) is 0 Å². The summed E-state index contributed by atoms with van der Waals surface area (Å²) in [6.45, 7) is 8.50. The van der Waals surface area contributed by atoms with Crippen molar-refractivity contribution >= 4 is 5.91 Å². The molecule has 2 aromatic rings. The molecule has 0 atom stereocenters. The highest BCUT2D eigenvalue weighted by Crippen LogP contribution is 2.20. The second-order valence-electron chi connectivity index (χ2n) is 6.78. The first-order valence-corrected chi connectivity index (χ1v) is 9.22. The average molecular weight is 353 g/mol. The third-order valence-electron chi connectivity index (χ3n) is 5.04. The number of benzene rings is 1. The molecule has 2 heterocycles. The van der Waals surface area contributed by atoms with E-state index in [1.54, 1.807) is 0 Å². The van der Waals surface area contributed by atoms with Gasteiger partial charge in [0.1, 0.15) is 5.75 Å². The molecular formula is C21H27N3O2. The van der Waals surface area contributed by atoms with Gasteiger partial charge in [-0.1, -0.05) is 18.2 Å². The third-order valence-corrected chi connectivity index (χ3v) is 5.04. The Morgan fingerprint density at radius 2 is 1.88 bits per heavy atom. The molecule has 0 saturated carbocycles. The van der Waals surface area contributed by atoms with E-state index in [1.807, 2.05) is 55.3 Å². The number of ether oxygens (including phenoxy) is 1. The van der Waals surface area contributed by atoms with Crippen LogP contribution in [0.25, 0.3) is 0 Å². The second kappa shape index (κ2) is 8.81. The van der Waals surface area contributed by atoms with Crippen LogP contribution in [0.2, 0.25) is 0 Å². The fourth-order valence-electron chi connectivity index (χ4n) is 3.15. The van der Waals surface area contributed by atoms with Crippen LogP contribution in [-0.2, 0) is 11.2 Å². The maximum Gasteiger partial charge on any atom is 0.260 e. The first kappa shape index (κ1) is 18.4. The standard InChI is InChI=1S/C21H27N3O2/c1-17-6-5-8-20(18(17)2)26-16-21(25)24-14-12-23(13-15-24)11-9-19-7-3-4-10-22-19/h3-8,10H,9,11-16H2,1-2H3. The lowest BCUT2D eigenvalue weighted by atomic mass is 10.1. The summed E-state index contributed by atoms with van der Waals surface area (Å²) in [7, 11) is 0. The molecule has 138 valence electrons. The van der Waals surface area contributed by atoms with E-state index in [4.69, 9.17) is 4.74 Å². The van der Waals surface area contributed by atoms with Crippen molar-refractivity contribution in [2.24, 2.45) is 0 Å². The summed E-state index contributed by atoms with van der Waals surface area (Å²) in [5, 5.41) is 0. The van der Waals surface area contributed by atoms with Gasteiger partial charge >= 0.3 is 0 Å². The van der Waals surface area contributed by atoms with Gasteiger partial charge in [-0.15, -0.1) is 0 Å². The predicted molar refractivity (Wildman–Crippen MR) is 102 cm³/mol. The fraction of sp³-hybridized carbons (Fsp3) is 0.429. The van der Waals surface area contributed by atoms with Gasteiger partial charge in [0.15, 0.2) is 6.61 Å². The van der Waals surface area contributed by atoms with Gasteiger partial charge in [-0.3, -0.25) is 14.7 Å². The van der Waals surface area contributed by atoms with Crippen molar-refractivity contribution in [3.8, 4) is 5.75 Å². The van der Waals surface area contributed by atoms with Crippen molar-refractivity contribution in [2.45, 2.75) is 20.3 Å². The molecule has 0 radical (unpaired) electrons. The zero-order chi connectivity index (χ0) is 18.4. The van der Waals surface area contributed by atoms with Crippen LogP contribution < -0.4 is 4.74 Å². The van der Waals surface area contributed by atoms with E-state index in [2.05, 4.69) is 16.0 Å². The normalized spacial score (nSPS) is 15.1. The summed E-state index contributed by atoms with van der Waals surface area (Å²) in [5.41, 5.74) is 3.39. The first-order chi connectivity index (χ1) is 12.6. The lowest BCUT2D eigenvalue weighted by molar-refractivity contribution is -0.135. The largest absolute Gasteiger partial charge is 0.483 e. The fourth-order valence-corrected chi connectivity index (χ4v) is 3.15. The Morgan fingerprint density at radius 3 is 2.62 bits per heavy atom. The van der Waals surface area contributed by atoms with Gasteiger partial charge < -0.3 is 9.64 Å². The van der Waals surface area contributed by atoms with Crippen LogP contribution in [0.15, 0.2) is 42.6 Å². The third kappa shape index (κ3) is 4.82.